The first-order valence-electron chi connectivity index (χ1n) is 6.52. The number of hydrogen-bond acceptors (Lipinski definition) is 4. The van der Waals surface area contributed by atoms with Crippen molar-refractivity contribution in [3.8, 4) is 5.75 Å². The largest absolute Gasteiger partial charge is 0.496 e. The molecule has 1 N–H and O–H groups in total. The number of aliphatic hydroxyl groups excluding tert-OH is 1. The molecule has 0 amide bonds. The Hall–Kier alpha value is -1.85. The van der Waals surface area contributed by atoms with E-state index >= 15 is 0 Å². The highest BCUT2D eigenvalue weighted by atomic mass is 32.2. The normalized spacial score (nSPS) is 11.4. The van der Waals surface area contributed by atoms with Crippen molar-refractivity contribution in [3.05, 3.63) is 59.2 Å². The molecule has 21 heavy (non-hydrogen) atoms. The topological polar surface area (TPSA) is 63.6 Å². The highest BCUT2D eigenvalue weighted by molar-refractivity contribution is 7.90. The molecule has 0 fully saturated rings. The standard InChI is InChI=1S/C16H18O4S/c1-12-4-3-5-15(8-12)21(18,19)11-14-9-13(10-17)6-7-16(14)20-2/h3-9,17H,10-11H2,1-2H3. The molecule has 2 aromatic rings. The summed E-state index contributed by atoms with van der Waals surface area (Å²) in [5, 5.41) is 9.19. The Balaban J connectivity index is 2.40. The lowest BCUT2D eigenvalue weighted by atomic mass is 10.1. The maximum absolute atomic E-state index is 12.5. The van der Waals surface area contributed by atoms with Crippen LogP contribution < -0.4 is 4.74 Å². The number of rotatable bonds is 5. The third-order valence-corrected chi connectivity index (χ3v) is 4.88. The van der Waals surface area contributed by atoms with Crippen molar-refractivity contribution in [2.75, 3.05) is 7.11 Å². The van der Waals surface area contributed by atoms with Crippen LogP contribution in [0, 0.1) is 6.92 Å². The van der Waals surface area contributed by atoms with Crippen LogP contribution in [0.1, 0.15) is 16.7 Å². The molecule has 0 radical (unpaired) electrons. The minimum absolute atomic E-state index is 0.137. The van der Waals surface area contributed by atoms with Crippen molar-refractivity contribution in [2.45, 2.75) is 24.2 Å². The van der Waals surface area contributed by atoms with Crippen molar-refractivity contribution < 1.29 is 18.3 Å². The smallest absolute Gasteiger partial charge is 0.182 e. The summed E-state index contributed by atoms with van der Waals surface area (Å²) < 4.78 is 30.2. The fourth-order valence-electron chi connectivity index (χ4n) is 2.14. The van der Waals surface area contributed by atoms with Gasteiger partial charge in [-0.3, -0.25) is 0 Å². The summed E-state index contributed by atoms with van der Waals surface area (Å²) in [6.45, 7) is 1.72. The second-order valence-corrected chi connectivity index (χ2v) is 6.87. The number of ether oxygens (including phenoxy) is 1. The quantitative estimate of drug-likeness (QED) is 0.921. The van der Waals surface area contributed by atoms with Crippen LogP contribution in [-0.2, 0) is 22.2 Å². The van der Waals surface area contributed by atoms with Gasteiger partial charge in [0.15, 0.2) is 9.84 Å². The Morgan fingerprint density at radius 2 is 1.90 bits per heavy atom. The van der Waals surface area contributed by atoms with Crippen LogP contribution in [0.4, 0.5) is 0 Å². The highest BCUT2D eigenvalue weighted by Gasteiger charge is 2.18. The molecule has 0 spiro atoms. The molecule has 0 atom stereocenters. The number of hydrogen-bond donors (Lipinski definition) is 1. The van der Waals surface area contributed by atoms with Gasteiger partial charge in [-0.2, -0.15) is 0 Å². The second kappa shape index (κ2) is 6.28. The van der Waals surface area contributed by atoms with E-state index in [1.165, 1.54) is 7.11 Å². The van der Waals surface area contributed by atoms with Crippen LogP contribution in [0.25, 0.3) is 0 Å². The first-order chi connectivity index (χ1) is 9.96. The van der Waals surface area contributed by atoms with Crippen LogP contribution in [-0.4, -0.2) is 20.6 Å². The van der Waals surface area contributed by atoms with Gasteiger partial charge in [0.2, 0.25) is 0 Å². The molecule has 5 heteroatoms. The molecule has 2 rings (SSSR count). The maximum Gasteiger partial charge on any atom is 0.182 e. The molecule has 0 aromatic heterocycles. The number of aryl methyl sites for hydroxylation is 1. The van der Waals surface area contributed by atoms with Crippen LogP contribution in [0.5, 0.6) is 5.75 Å². The maximum atomic E-state index is 12.5. The third-order valence-electron chi connectivity index (χ3n) is 3.22. The van der Waals surface area contributed by atoms with Crippen LogP contribution in [0.2, 0.25) is 0 Å². The van der Waals surface area contributed by atoms with E-state index in [0.29, 0.717) is 21.8 Å². The van der Waals surface area contributed by atoms with E-state index in [2.05, 4.69) is 0 Å². The average Bonchev–Trinajstić information content (AvgIpc) is 2.46. The molecule has 0 saturated heterocycles. The SMILES string of the molecule is COc1ccc(CO)cc1CS(=O)(=O)c1cccc(C)c1. The summed E-state index contributed by atoms with van der Waals surface area (Å²) in [4.78, 5) is 0.291. The first kappa shape index (κ1) is 15.5. The molecule has 4 nitrogen and oxygen atoms in total. The number of benzene rings is 2. The third kappa shape index (κ3) is 3.62. The predicted molar refractivity (Wildman–Crippen MR) is 81.0 cm³/mol. The van der Waals surface area contributed by atoms with Crippen molar-refractivity contribution in [3.63, 3.8) is 0 Å². The van der Waals surface area contributed by atoms with Crippen LogP contribution >= 0.6 is 0 Å². The summed E-state index contributed by atoms with van der Waals surface area (Å²) in [5.41, 5.74) is 2.10. The minimum Gasteiger partial charge on any atom is -0.496 e. The number of sulfone groups is 1. The van der Waals surface area contributed by atoms with E-state index in [4.69, 9.17) is 4.74 Å². The van der Waals surface area contributed by atoms with Crippen molar-refractivity contribution in [1.29, 1.82) is 0 Å². The number of methoxy groups -OCH3 is 1. The lowest BCUT2D eigenvalue weighted by Crippen LogP contribution is -2.07. The van der Waals surface area contributed by atoms with Crippen LogP contribution in [0.3, 0.4) is 0 Å². The van der Waals surface area contributed by atoms with Gasteiger partial charge in [-0.15, -0.1) is 0 Å². The fraction of sp³-hybridized carbons (Fsp3) is 0.250. The predicted octanol–water partition coefficient (Wildman–Crippen LogP) is 2.47. The van der Waals surface area contributed by atoms with E-state index in [0.717, 1.165) is 5.56 Å². The summed E-state index contributed by atoms with van der Waals surface area (Å²) in [6, 6.07) is 11.9. The minimum atomic E-state index is -3.46. The fourth-order valence-corrected chi connectivity index (χ4v) is 3.59. The second-order valence-electron chi connectivity index (χ2n) is 4.88. The molecule has 0 saturated carbocycles. The molecule has 0 aliphatic carbocycles. The van der Waals surface area contributed by atoms with Gasteiger partial charge in [-0.1, -0.05) is 18.2 Å². The lowest BCUT2D eigenvalue weighted by molar-refractivity contribution is 0.281. The molecular weight excluding hydrogens is 288 g/mol. The zero-order valence-corrected chi connectivity index (χ0v) is 12.9. The van der Waals surface area contributed by atoms with Gasteiger partial charge in [0.05, 0.1) is 24.4 Å². The van der Waals surface area contributed by atoms with Crippen molar-refractivity contribution in [2.24, 2.45) is 0 Å². The zero-order chi connectivity index (χ0) is 15.5. The Morgan fingerprint density at radius 1 is 1.14 bits per heavy atom. The molecule has 2 aromatic carbocycles. The molecule has 0 aliphatic rings. The van der Waals surface area contributed by atoms with Crippen LogP contribution in [0.15, 0.2) is 47.4 Å². The molecule has 0 unspecified atom stereocenters. The summed E-state index contributed by atoms with van der Waals surface area (Å²) in [5.74, 6) is 0.344. The molecule has 0 aliphatic heterocycles. The molecule has 112 valence electrons. The number of aliphatic hydroxyl groups is 1. The van der Waals surface area contributed by atoms with E-state index < -0.39 is 9.84 Å². The van der Waals surface area contributed by atoms with E-state index in [1.807, 2.05) is 13.0 Å². The van der Waals surface area contributed by atoms with E-state index in [-0.39, 0.29) is 12.4 Å². The van der Waals surface area contributed by atoms with Gasteiger partial charge in [-0.05, 0) is 42.3 Å². The first-order valence-corrected chi connectivity index (χ1v) is 8.17. The molecule has 0 bridgehead atoms. The van der Waals surface area contributed by atoms with Crippen molar-refractivity contribution >= 4 is 9.84 Å². The zero-order valence-electron chi connectivity index (χ0n) is 12.0. The Bertz CT molecular complexity index is 736. The Labute approximate surface area is 124 Å². The Morgan fingerprint density at radius 3 is 2.52 bits per heavy atom. The monoisotopic (exact) mass is 306 g/mol. The average molecular weight is 306 g/mol. The van der Waals surface area contributed by atoms with Gasteiger partial charge in [0, 0.05) is 5.56 Å². The van der Waals surface area contributed by atoms with Crippen molar-refractivity contribution in [1.82, 2.24) is 0 Å². The summed E-state index contributed by atoms with van der Waals surface area (Å²) in [7, 11) is -1.96. The Kier molecular flexibility index (Phi) is 4.65. The van der Waals surface area contributed by atoms with E-state index in [9.17, 15) is 13.5 Å². The molecular formula is C16H18O4S. The summed E-state index contributed by atoms with van der Waals surface area (Å²) in [6.07, 6.45) is 0. The molecule has 0 heterocycles. The lowest BCUT2D eigenvalue weighted by Gasteiger charge is -2.11. The van der Waals surface area contributed by atoms with Gasteiger partial charge in [-0.25, -0.2) is 8.42 Å². The van der Waals surface area contributed by atoms with Gasteiger partial charge >= 0.3 is 0 Å². The van der Waals surface area contributed by atoms with Gasteiger partial charge in [0.1, 0.15) is 5.75 Å². The van der Waals surface area contributed by atoms with Gasteiger partial charge < -0.3 is 9.84 Å². The van der Waals surface area contributed by atoms with Gasteiger partial charge in [0.25, 0.3) is 0 Å². The van der Waals surface area contributed by atoms with E-state index in [1.54, 1.807) is 36.4 Å². The highest BCUT2D eigenvalue weighted by Crippen LogP contribution is 2.25. The summed E-state index contributed by atoms with van der Waals surface area (Å²) >= 11 is 0.